The van der Waals surface area contributed by atoms with Gasteiger partial charge in [0, 0.05) is 64.4 Å². The molecule has 0 saturated carbocycles. The van der Waals surface area contributed by atoms with Crippen molar-refractivity contribution in [2.75, 3.05) is 0 Å². The molecule has 278 valence electrons. The van der Waals surface area contributed by atoms with Gasteiger partial charge < -0.3 is 9.47 Å². The summed E-state index contributed by atoms with van der Waals surface area (Å²) in [6.45, 7) is 8.93. The van der Waals surface area contributed by atoms with E-state index in [2.05, 4.69) is 84.7 Å². The Kier molecular flexibility index (Phi) is 9.48. The van der Waals surface area contributed by atoms with Crippen LogP contribution in [0.4, 0.5) is 0 Å². The Balaban J connectivity index is 1.14. The van der Waals surface area contributed by atoms with Crippen molar-refractivity contribution in [3.05, 3.63) is 175 Å². The lowest BCUT2D eigenvalue weighted by molar-refractivity contribution is 0.483. The van der Waals surface area contributed by atoms with Crippen LogP contribution in [0.3, 0.4) is 0 Å². The number of nitrogens with zero attached hydrogens (tertiary/aromatic N) is 5. The summed E-state index contributed by atoms with van der Waals surface area (Å²) < 4.78 is 15.1. The third-order valence-corrected chi connectivity index (χ3v) is 10.3. The normalized spacial score (nSPS) is 11.5. The molecule has 9 aromatic rings. The average molecular weight is 744 g/mol. The highest BCUT2D eigenvalue weighted by atomic mass is 16.5. The van der Waals surface area contributed by atoms with Crippen LogP contribution in [0.1, 0.15) is 50.7 Å². The van der Waals surface area contributed by atoms with Crippen molar-refractivity contribution in [3.63, 3.8) is 0 Å². The van der Waals surface area contributed by atoms with Gasteiger partial charge in [-0.25, -0.2) is 9.97 Å². The van der Waals surface area contributed by atoms with Gasteiger partial charge in [0.15, 0.2) is 0 Å². The fraction of sp³-hybridized carbons (Fsp3) is 0.120. The van der Waals surface area contributed by atoms with Gasteiger partial charge in [0.2, 0.25) is 5.95 Å². The molecule has 57 heavy (non-hydrogen) atoms. The number of rotatable bonds is 10. The first-order valence-electron chi connectivity index (χ1n) is 19.3. The second-order valence-electron chi connectivity index (χ2n) is 14.9. The van der Waals surface area contributed by atoms with Gasteiger partial charge in [0.1, 0.15) is 23.0 Å². The summed E-state index contributed by atoms with van der Waals surface area (Å²) in [6.07, 6.45) is 7.45. The van der Waals surface area contributed by atoms with Gasteiger partial charge >= 0.3 is 0 Å². The van der Waals surface area contributed by atoms with Crippen LogP contribution in [-0.4, -0.2) is 24.5 Å². The number of hydrogen-bond donors (Lipinski definition) is 0. The van der Waals surface area contributed by atoms with E-state index in [1.54, 1.807) is 12.4 Å². The molecule has 0 saturated heterocycles. The Labute approximate surface area is 332 Å². The van der Waals surface area contributed by atoms with Gasteiger partial charge in [-0.1, -0.05) is 82.3 Å². The van der Waals surface area contributed by atoms with Crippen molar-refractivity contribution >= 4 is 21.8 Å². The summed E-state index contributed by atoms with van der Waals surface area (Å²) in [6, 6.07) is 46.9. The molecule has 9 rings (SSSR count). The van der Waals surface area contributed by atoms with Crippen molar-refractivity contribution in [2.45, 2.75) is 39.5 Å². The fourth-order valence-corrected chi connectivity index (χ4v) is 7.19. The maximum atomic E-state index is 6.51. The van der Waals surface area contributed by atoms with E-state index in [-0.39, 0.29) is 0 Å². The SMILES string of the molecule is CC(C)c1cc(-c2cnc(-n3c4cc(Oc5cccc(-c6ccccn6)c5)ccc4c4ccc(Oc5cccc(-c6ccccn6)c5)cc43)nc2)cc(C(C)C)c1. The van der Waals surface area contributed by atoms with Gasteiger partial charge in [-0.15, -0.1) is 0 Å². The van der Waals surface area contributed by atoms with Gasteiger partial charge in [0.25, 0.3) is 0 Å². The number of fused-ring (bicyclic) bond motifs is 3. The Hall–Kier alpha value is -7.12. The van der Waals surface area contributed by atoms with Crippen molar-refractivity contribution in [1.29, 1.82) is 0 Å². The lowest BCUT2D eigenvalue weighted by Crippen LogP contribution is -2.01. The summed E-state index contributed by atoms with van der Waals surface area (Å²) in [4.78, 5) is 19.1. The molecular weight excluding hydrogens is 703 g/mol. The van der Waals surface area contributed by atoms with Crippen molar-refractivity contribution < 1.29 is 9.47 Å². The highest BCUT2D eigenvalue weighted by Crippen LogP contribution is 2.38. The van der Waals surface area contributed by atoms with Crippen LogP contribution >= 0.6 is 0 Å². The first-order chi connectivity index (χ1) is 27.9. The van der Waals surface area contributed by atoms with E-state index in [0.717, 1.165) is 55.4 Å². The molecular formula is C50H41N5O2. The molecule has 0 fully saturated rings. The van der Waals surface area contributed by atoms with E-state index >= 15 is 0 Å². The summed E-state index contributed by atoms with van der Waals surface area (Å²) >= 11 is 0. The Morgan fingerprint density at radius 2 is 0.912 bits per heavy atom. The minimum Gasteiger partial charge on any atom is -0.457 e. The predicted molar refractivity (Wildman–Crippen MR) is 229 cm³/mol. The van der Waals surface area contributed by atoms with E-state index in [9.17, 15) is 0 Å². The highest BCUT2D eigenvalue weighted by molar-refractivity contribution is 6.09. The Morgan fingerprint density at radius 1 is 0.421 bits per heavy atom. The molecule has 0 spiro atoms. The maximum absolute atomic E-state index is 6.51. The van der Waals surface area contributed by atoms with E-state index in [4.69, 9.17) is 19.4 Å². The summed E-state index contributed by atoms with van der Waals surface area (Å²) in [5, 5.41) is 2.09. The second-order valence-corrected chi connectivity index (χ2v) is 14.9. The lowest BCUT2D eigenvalue weighted by atomic mass is 9.91. The molecule has 0 bridgehead atoms. The van der Waals surface area contributed by atoms with Crippen molar-refractivity contribution in [3.8, 4) is 62.6 Å². The monoisotopic (exact) mass is 743 g/mol. The molecule has 0 aliphatic heterocycles. The number of benzene rings is 5. The van der Waals surface area contributed by atoms with Crippen LogP contribution in [-0.2, 0) is 0 Å². The Morgan fingerprint density at radius 3 is 1.37 bits per heavy atom. The molecule has 0 aliphatic rings. The minimum absolute atomic E-state index is 0.406. The van der Waals surface area contributed by atoms with Crippen LogP contribution in [0.2, 0.25) is 0 Å². The molecule has 5 aromatic carbocycles. The minimum atomic E-state index is 0.406. The van der Waals surface area contributed by atoms with Crippen LogP contribution in [0, 0.1) is 0 Å². The quantitative estimate of drug-likeness (QED) is 0.139. The lowest BCUT2D eigenvalue weighted by Gasteiger charge is -2.15. The van der Waals surface area contributed by atoms with Gasteiger partial charge in [-0.3, -0.25) is 14.5 Å². The first kappa shape index (κ1) is 35.6. The number of aromatic nitrogens is 5. The third-order valence-electron chi connectivity index (χ3n) is 10.3. The third kappa shape index (κ3) is 7.35. The maximum Gasteiger partial charge on any atom is 0.234 e. The number of ether oxygens (including phenoxy) is 2. The largest absolute Gasteiger partial charge is 0.457 e. The fourth-order valence-electron chi connectivity index (χ4n) is 7.19. The second kappa shape index (κ2) is 15.2. The van der Waals surface area contributed by atoms with Crippen LogP contribution in [0.5, 0.6) is 23.0 Å². The number of hydrogen-bond acceptors (Lipinski definition) is 6. The van der Waals surface area contributed by atoms with Gasteiger partial charge in [0.05, 0.1) is 22.4 Å². The topological polar surface area (TPSA) is 75.0 Å². The smallest absolute Gasteiger partial charge is 0.234 e. The van der Waals surface area contributed by atoms with E-state index in [1.807, 2.05) is 109 Å². The number of pyridine rings is 2. The van der Waals surface area contributed by atoms with Crippen molar-refractivity contribution in [1.82, 2.24) is 24.5 Å². The van der Waals surface area contributed by atoms with Gasteiger partial charge in [-0.2, -0.15) is 0 Å². The zero-order valence-electron chi connectivity index (χ0n) is 32.3. The molecule has 0 unspecified atom stereocenters. The van der Waals surface area contributed by atoms with E-state index < -0.39 is 0 Å². The molecule has 4 aromatic heterocycles. The zero-order valence-corrected chi connectivity index (χ0v) is 32.3. The molecule has 0 aliphatic carbocycles. The van der Waals surface area contributed by atoms with Crippen molar-refractivity contribution in [2.24, 2.45) is 0 Å². The molecule has 0 atom stereocenters. The van der Waals surface area contributed by atoms with Gasteiger partial charge in [-0.05, 0) is 101 Å². The molecule has 7 heteroatoms. The van der Waals surface area contributed by atoms with Crippen LogP contribution in [0.15, 0.2) is 164 Å². The molecule has 0 N–H and O–H groups in total. The standard InChI is InChI=1S/C50H41N5O2/c1-32(2)36-23-37(33(3)4)25-38(24-36)39-30-53-50(54-31-39)55-48-28-42(56-40-13-9-11-34(26-40)46-15-5-7-21-51-46)17-19-44(48)45-20-18-43(29-49(45)55)57-41-14-10-12-35(27-41)47-16-6-8-22-52-47/h5-33H,1-4H3. The van der Waals surface area contributed by atoms with Crippen LogP contribution < -0.4 is 9.47 Å². The summed E-state index contributed by atoms with van der Waals surface area (Å²) in [5.41, 5.74) is 10.3. The molecule has 0 radical (unpaired) electrons. The first-order valence-corrected chi connectivity index (χ1v) is 19.3. The highest BCUT2D eigenvalue weighted by Gasteiger charge is 2.18. The Bertz CT molecular complexity index is 2680. The average Bonchev–Trinajstić information content (AvgIpc) is 3.57. The zero-order chi connectivity index (χ0) is 38.9. The molecule has 4 heterocycles. The van der Waals surface area contributed by atoms with E-state index in [0.29, 0.717) is 40.8 Å². The summed E-state index contributed by atoms with van der Waals surface area (Å²) in [7, 11) is 0. The van der Waals surface area contributed by atoms with E-state index in [1.165, 1.54) is 11.1 Å². The van der Waals surface area contributed by atoms with Crippen LogP contribution in [0.25, 0.3) is 61.4 Å². The predicted octanol–water partition coefficient (Wildman–Crippen LogP) is 13.2. The summed E-state index contributed by atoms with van der Waals surface area (Å²) in [5.74, 6) is 4.17. The molecule has 0 amide bonds. The molecule has 7 nitrogen and oxygen atoms in total.